The number of rotatable bonds is 3. The van der Waals surface area contributed by atoms with Crippen molar-refractivity contribution in [2.75, 3.05) is 5.73 Å². The zero-order valence-electron chi connectivity index (χ0n) is 11.0. The van der Waals surface area contributed by atoms with E-state index < -0.39 is 0 Å². The van der Waals surface area contributed by atoms with Gasteiger partial charge in [0.2, 0.25) is 0 Å². The van der Waals surface area contributed by atoms with Crippen LogP contribution in [-0.2, 0) is 6.61 Å². The van der Waals surface area contributed by atoms with Gasteiger partial charge in [-0.15, -0.1) is 0 Å². The van der Waals surface area contributed by atoms with E-state index in [1.807, 2.05) is 24.3 Å². The molecule has 0 unspecified atom stereocenters. The van der Waals surface area contributed by atoms with Gasteiger partial charge in [0.05, 0.1) is 10.0 Å². The molecule has 0 amide bonds. The third kappa shape index (κ3) is 2.75. The van der Waals surface area contributed by atoms with E-state index in [0.717, 1.165) is 16.5 Å². The molecule has 0 fully saturated rings. The molecule has 3 nitrogen and oxygen atoms in total. The highest BCUT2D eigenvalue weighted by Gasteiger charge is 2.10. The van der Waals surface area contributed by atoms with Crippen LogP contribution in [0.4, 0.5) is 5.69 Å². The number of halogens is 2. The first-order valence-electron chi connectivity index (χ1n) is 6.34. The maximum absolute atomic E-state index is 6.18. The van der Waals surface area contributed by atoms with Gasteiger partial charge in [-0.25, -0.2) is 0 Å². The van der Waals surface area contributed by atoms with Gasteiger partial charge in [0.25, 0.3) is 0 Å². The van der Waals surface area contributed by atoms with E-state index in [0.29, 0.717) is 21.3 Å². The lowest BCUT2D eigenvalue weighted by molar-refractivity contribution is 0.311. The molecule has 5 heteroatoms. The standard InChI is InChI=1S/C16H12Cl2N2O/c17-13-4-5-14(19)12(16(13)18)9-21-15-3-1-2-10-8-20-7-6-11(10)15/h1-8H,9,19H2. The van der Waals surface area contributed by atoms with Crippen molar-refractivity contribution in [1.29, 1.82) is 0 Å². The summed E-state index contributed by atoms with van der Waals surface area (Å²) in [5.41, 5.74) is 7.19. The van der Waals surface area contributed by atoms with Gasteiger partial charge in [-0.2, -0.15) is 0 Å². The minimum absolute atomic E-state index is 0.257. The molecule has 0 aliphatic rings. The van der Waals surface area contributed by atoms with Crippen LogP contribution in [-0.4, -0.2) is 4.98 Å². The van der Waals surface area contributed by atoms with E-state index in [4.69, 9.17) is 33.7 Å². The van der Waals surface area contributed by atoms with Gasteiger partial charge < -0.3 is 10.5 Å². The van der Waals surface area contributed by atoms with E-state index in [-0.39, 0.29) is 6.61 Å². The Hall–Kier alpha value is -1.97. The van der Waals surface area contributed by atoms with Crippen molar-refractivity contribution in [1.82, 2.24) is 4.98 Å². The van der Waals surface area contributed by atoms with Gasteiger partial charge in [0, 0.05) is 34.4 Å². The molecule has 2 N–H and O–H groups in total. The average molecular weight is 319 g/mol. The fourth-order valence-electron chi connectivity index (χ4n) is 2.12. The number of benzene rings is 2. The molecular formula is C16H12Cl2N2O. The molecule has 3 aromatic rings. The maximum atomic E-state index is 6.18. The molecule has 1 heterocycles. The van der Waals surface area contributed by atoms with Crippen LogP contribution in [0.1, 0.15) is 5.56 Å². The summed E-state index contributed by atoms with van der Waals surface area (Å²) >= 11 is 12.2. The number of hydrogen-bond acceptors (Lipinski definition) is 3. The predicted molar refractivity (Wildman–Crippen MR) is 86.9 cm³/mol. The van der Waals surface area contributed by atoms with Crippen molar-refractivity contribution in [2.45, 2.75) is 6.61 Å². The third-order valence-electron chi connectivity index (χ3n) is 3.25. The van der Waals surface area contributed by atoms with Crippen molar-refractivity contribution in [3.05, 3.63) is 64.4 Å². The minimum atomic E-state index is 0.257. The lowest BCUT2D eigenvalue weighted by Gasteiger charge is -2.12. The van der Waals surface area contributed by atoms with Gasteiger partial charge in [-0.1, -0.05) is 35.3 Å². The normalized spacial score (nSPS) is 10.8. The summed E-state index contributed by atoms with van der Waals surface area (Å²) in [4.78, 5) is 4.10. The summed E-state index contributed by atoms with van der Waals surface area (Å²) in [6, 6.07) is 11.1. The summed E-state index contributed by atoms with van der Waals surface area (Å²) in [5, 5.41) is 2.90. The first kappa shape index (κ1) is 14.0. The molecule has 0 aliphatic heterocycles. The Morgan fingerprint density at radius 3 is 2.81 bits per heavy atom. The SMILES string of the molecule is Nc1ccc(Cl)c(Cl)c1COc1cccc2cnccc12. The molecule has 0 bridgehead atoms. The van der Waals surface area contributed by atoms with Crippen LogP contribution in [0, 0.1) is 0 Å². The van der Waals surface area contributed by atoms with E-state index >= 15 is 0 Å². The smallest absolute Gasteiger partial charge is 0.127 e. The molecule has 106 valence electrons. The van der Waals surface area contributed by atoms with E-state index in [1.165, 1.54) is 0 Å². The highest BCUT2D eigenvalue weighted by Crippen LogP contribution is 2.32. The van der Waals surface area contributed by atoms with Crippen molar-refractivity contribution < 1.29 is 4.74 Å². The number of hydrogen-bond donors (Lipinski definition) is 1. The quantitative estimate of drug-likeness (QED) is 0.712. The number of fused-ring (bicyclic) bond motifs is 1. The van der Waals surface area contributed by atoms with Crippen molar-refractivity contribution >= 4 is 39.7 Å². The zero-order valence-corrected chi connectivity index (χ0v) is 12.5. The molecule has 21 heavy (non-hydrogen) atoms. The van der Waals surface area contributed by atoms with Crippen molar-refractivity contribution in [3.8, 4) is 5.75 Å². The molecule has 0 spiro atoms. The number of aromatic nitrogens is 1. The molecule has 0 saturated heterocycles. The second kappa shape index (κ2) is 5.80. The second-order valence-corrected chi connectivity index (χ2v) is 5.36. The molecule has 0 radical (unpaired) electrons. The zero-order chi connectivity index (χ0) is 14.8. The van der Waals surface area contributed by atoms with Crippen LogP contribution in [0.3, 0.4) is 0 Å². The fourth-order valence-corrected chi connectivity index (χ4v) is 2.53. The highest BCUT2D eigenvalue weighted by atomic mass is 35.5. The Morgan fingerprint density at radius 2 is 1.95 bits per heavy atom. The Bertz CT molecular complexity index is 800. The Labute approximate surface area is 132 Å². The molecule has 3 rings (SSSR count). The van der Waals surface area contributed by atoms with Crippen LogP contribution >= 0.6 is 23.2 Å². The lowest BCUT2D eigenvalue weighted by atomic mass is 10.1. The topological polar surface area (TPSA) is 48.1 Å². The highest BCUT2D eigenvalue weighted by molar-refractivity contribution is 6.42. The molecule has 2 aromatic carbocycles. The third-order valence-corrected chi connectivity index (χ3v) is 4.09. The Balaban J connectivity index is 1.93. The van der Waals surface area contributed by atoms with Crippen LogP contribution in [0.2, 0.25) is 10.0 Å². The lowest BCUT2D eigenvalue weighted by Crippen LogP contribution is -2.02. The van der Waals surface area contributed by atoms with Crippen LogP contribution < -0.4 is 10.5 Å². The minimum Gasteiger partial charge on any atom is -0.488 e. The van der Waals surface area contributed by atoms with Crippen molar-refractivity contribution in [2.24, 2.45) is 0 Å². The largest absolute Gasteiger partial charge is 0.488 e. The number of nitrogens with two attached hydrogens (primary N) is 1. The summed E-state index contributed by atoms with van der Waals surface area (Å²) in [6.45, 7) is 0.257. The first-order chi connectivity index (χ1) is 10.2. The summed E-state index contributed by atoms with van der Waals surface area (Å²) in [7, 11) is 0. The van der Waals surface area contributed by atoms with E-state index in [2.05, 4.69) is 4.98 Å². The van der Waals surface area contributed by atoms with Gasteiger partial charge in [-0.3, -0.25) is 4.98 Å². The van der Waals surface area contributed by atoms with Crippen LogP contribution in [0.15, 0.2) is 48.8 Å². The van der Waals surface area contributed by atoms with Gasteiger partial charge in [0.1, 0.15) is 12.4 Å². The van der Waals surface area contributed by atoms with Crippen LogP contribution in [0.25, 0.3) is 10.8 Å². The number of nitrogen functional groups attached to an aromatic ring is 1. The van der Waals surface area contributed by atoms with Crippen molar-refractivity contribution in [3.63, 3.8) is 0 Å². The Kier molecular flexibility index (Phi) is 3.86. The number of pyridine rings is 1. The molecular weight excluding hydrogens is 307 g/mol. The molecule has 0 atom stereocenters. The number of nitrogens with zero attached hydrogens (tertiary/aromatic N) is 1. The van der Waals surface area contributed by atoms with Gasteiger partial charge in [0.15, 0.2) is 0 Å². The fraction of sp³-hybridized carbons (Fsp3) is 0.0625. The number of ether oxygens (including phenoxy) is 1. The average Bonchev–Trinajstić information content (AvgIpc) is 2.51. The van der Waals surface area contributed by atoms with E-state index in [9.17, 15) is 0 Å². The number of anilines is 1. The monoisotopic (exact) mass is 318 g/mol. The summed E-state index contributed by atoms with van der Waals surface area (Å²) in [5.74, 6) is 0.755. The van der Waals surface area contributed by atoms with Gasteiger partial charge >= 0.3 is 0 Å². The molecule has 0 aliphatic carbocycles. The molecule has 0 saturated carbocycles. The van der Waals surface area contributed by atoms with Crippen LogP contribution in [0.5, 0.6) is 5.75 Å². The van der Waals surface area contributed by atoms with Gasteiger partial charge in [-0.05, 0) is 24.3 Å². The Morgan fingerprint density at radius 1 is 1.10 bits per heavy atom. The molecule has 1 aromatic heterocycles. The van der Waals surface area contributed by atoms with E-state index in [1.54, 1.807) is 24.5 Å². The second-order valence-electron chi connectivity index (χ2n) is 4.57. The first-order valence-corrected chi connectivity index (χ1v) is 7.10. The summed E-state index contributed by atoms with van der Waals surface area (Å²) < 4.78 is 5.87. The summed E-state index contributed by atoms with van der Waals surface area (Å²) in [6.07, 6.45) is 3.53. The maximum Gasteiger partial charge on any atom is 0.127 e. The predicted octanol–water partition coefficient (Wildman–Crippen LogP) is 4.70.